The van der Waals surface area contributed by atoms with Crippen LogP contribution in [0.25, 0.3) is 10.8 Å². The summed E-state index contributed by atoms with van der Waals surface area (Å²) in [7, 11) is 3.52. The summed E-state index contributed by atoms with van der Waals surface area (Å²) in [6.07, 6.45) is 0.597. The molecule has 0 aliphatic rings. The summed E-state index contributed by atoms with van der Waals surface area (Å²) >= 11 is 0. The minimum absolute atomic E-state index is 0.414. The average molecular weight is 227 g/mol. The van der Waals surface area contributed by atoms with Crippen LogP contribution in [-0.4, -0.2) is 15.3 Å². The van der Waals surface area contributed by atoms with Crippen LogP contribution in [0.1, 0.15) is 24.2 Å². The van der Waals surface area contributed by atoms with Crippen LogP contribution in [-0.2, 0) is 6.42 Å². The van der Waals surface area contributed by atoms with Crippen LogP contribution in [0.5, 0.6) is 0 Å². The molecule has 0 fully saturated rings. The second kappa shape index (κ2) is 4.81. The number of aryl methyl sites for hydroxylation is 1. The van der Waals surface area contributed by atoms with Crippen LogP contribution in [0.4, 0.5) is 0 Å². The Morgan fingerprint density at radius 2 is 1.81 bits per heavy atom. The lowest BCUT2D eigenvalue weighted by molar-refractivity contribution is 0.201. The Morgan fingerprint density at radius 3 is 2.44 bits per heavy atom. The van der Waals surface area contributed by atoms with Crippen molar-refractivity contribution in [2.24, 2.45) is 0 Å². The molecule has 3 radical (unpaired) electrons. The minimum Gasteiger partial charge on any atom is -0.389 e. The van der Waals surface area contributed by atoms with Gasteiger partial charge in [0.05, 0.1) is 6.10 Å². The van der Waals surface area contributed by atoms with Crippen LogP contribution >= 0.6 is 0 Å². The lowest BCUT2D eigenvalue weighted by Gasteiger charge is -2.12. The molecule has 1 nitrogen and oxygen atoms in total. The molecule has 0 aliphatic carbocycles. The Kier molecular flexibility index (Phi) is 3.41. The first-order valence-corrected chi connectivity index (χ1v) is 6.28. The van der Waals surface area contributed by atoms with Crippen LogP contribution < -0.4 is 0 Å². The highest BCUT2D eigenvalue weighted by Crippen LogP contribution is 2.27. The lowest BCUT2D eigenvalue weighted by atomic mass is 9.96. The highest BCUT2D eigenvalue weighted by Gasteiger charge is 2.08. The van der Waals surface area contributed by atoms with Gasteiger partial charge in [0.1, 0.15) is 0 Å². The Balaban J connectivity index is 2.67. The maximum atomic E-state index is 9.73. The molecule has 1 N–H and O–H groups in total. The van der Waals surface area contributed by atoms with E-state index in [-0.39, 0.29) is 0 Å². The van der Waals surface area contributed by atoms with E-state index >= 15 is 0 Å². The number of fused-ring (bicyclic) bond motifs is 1. The van der Waals surface area contributed by atoms with Gasteiger partial charge in [-0.05, 0) is 35.2 Å². The van der Waals surface area contributed by atoms with Crippen molar-refractivity contribution in [1.82, 2.24) is 0 Å². The van der Waals surface area contributed by atoms with Crippen molar-refractivity contribution in [3.63, 3.8) is 0 Å². The molecular formula is C14H15OSi. The molecule has 0 saturated carbocycles. The molecule has 2 rings (SSSR count). The van der Waals surface area contributed by atoms with Gasteiger partial charge >= 0.3 is 0 Å². The largest absolute Gasteiger partial charge is 0.389 e. The van der Waals surface area contributed by atoms with Gasteiger partial charge < -0.3 is 5.11 Å². The first kappa shape index (κ1) is 11.4. The fourth-order valence-electron chi connectivity index (χ4n) is 2.10. The molecule has 1 unspecified atom stereocenters. The van der Waals surface area contributed by atoms with E-state index in [4.69, 9.17) is 0 Å². The molecule has 0 aromatic heterocycles. The molecule has 2 aromatic rings. The number of hydrogen-bond acceptors (Lipinski definition) is 1. The van der Waals surface area contributed by atoms with E-state index in [2.05, 4.69) is 28.4 Å². The third-order valence-corrected chi connectivity index (χ3v) is 3.14. The zero-order valence-corrected chi connectivity index (χ0v) is 10.4. The van der Waals surface area contributed by atoms with Crippen molar-refractivity contribution in [2.45, 2.75) is 25.5 Å². The van der Waals surface area contributed by atoms with Gasteiger partial charge in [-0.15, -0.1) is 0 Å². The monoisotopic (exact) mass is 227 g/mol. The molecule has 0 heterocycles. The first-order chi connectivity index (χ1) is 7.74. The number of aliphatic hydroxyl groups excluding tert-OH is 1. The zero-order chi connectivity index (χ0) is 11.5. The SMILES string of the molecule is CC(O)c1ccc(CC[Si])c2ccccc12. The van der Waals surface area contributed by atoms with Gasteiger partial charge in [0.2, 0.25) is 0 Å². The van der Waals surface area contributed by atoms with E-state index in [0.717, 1.165) is 23.4 Å². The predicted molar refractivity (Wildman–Crippen MR) is 68.8 cm³/mol. The zero-order valence-electron chi connectivity index (χ0n) is 9.40. The van der Waals surface area contributed by atoms with E-state index in [1.165, 1.54) is 10.9 Å². The molecule has 2 heteroatoms. The van der Waals surface area contributed by atoms with Crippen molar-refractivity contribution in [1.29, 1.82) is 0 Å². The molecule has 0 amide bonds. The van der Waals surface area contributed by atoms with E-state index < -0.39 is 6.10 Å². The Labute approximate surface area is 99.5 Å². The first-order valence-electron chi connectivity index (χ1n) is 5.57. The van der Waals surface area contributed by atoms with Gasteiger partial charge in [-0.3, -0.25) is 0 Å². The molecule has 16 heavy (non-hydrogen) atoms. The van der Waals surface area contributed by atoms with Gasteiger partial charge in [-0.25, -0.2) is 0 Å². The maximum Gasteiger partial charge on any atom is 0.0767 e. The molecule has 0 bridgehead atoms. The third kappa shape index (κ3) is 2.03. The summed E-state index contributed by atoms with van der Waals surface area (Å²) in [5.74, 6) is 0. The fraction of sp³-hybridized carbons (Fsp3) is 0.286. The van der Waals surface area contributed by atoms with E-state index in [0.29, 0.717) is 0 Å². The number of hydrogen-bond donors (Lipinski definition) is 1. The van der Waals surface area contributed by atoms with E-state index in [1.54, 1.807) is 0 Å². The summed E-state index contributed by atoms with van der Waals surface area (Å²) in [4.78, 5) is 0. The second-order valence-corrected chi connectivity index (χ2v) is 4.54. The quantitative estimate of drug-likeness (QED) is 0.799. The highest BCUT2D eigenvalue weighted by atomic mass is 28.1. The normalized spacial score (nSPS) is 12.9. The Hall–Kier alpha value is -1.12. The molecule has 0 spiro atoms. The van der Waals surface area contributed by atoms with Crippen molar-refractivity contribution in [3.05, 3.63) is 47.5 Å². The van der Waals surface area contributed by atoms with Gasteiger partial charge in [-0.1, -0.05) is 42.4 Å². The van der Waals surface area contributed by atoms with Crippen LogP contribution in [0.3, 0.4) is 0 Å². The minimum atomic E-state index is -0.414. The summed E-state index contributed by atoms with van der Waals surface area (Å²) in [5.41, 5.74) is 2.34. The summed E-state index contributed by atoms with van der Waals surface area (Å²) < 4.78 is 0. The molecular weight excluding hydrogens is 212 g/mol. The van der Waals surface area contributed by atoms with Crippen molar-refractivity contribution < 1.29 is 5.11 Å². The summed E-state index contributed by atoms with van der Waals surface area (Å²) in [6, 6.07) is 13.4. The highest BCUT2D eigenvalue weighted by molar-refractivity contribution is 6.08. The maximum absolute atomic E-state index is 9.73. The standard InChI is InChI=1S/C14H15OSi/c1-10(15)12-7-6-11(8-9-16)13-4-2-3-5-14(12)13/h2-7,10,15H,8-9H2,1H3. The van der Waals surface area contributed by atoms with Crippen LogP contribution in [0.2, 0.25) is 6.04 Å². The summed E-state index contributed by atoms with van der Waals surface area (Å²) in [6.45, 7) is 1.81. The van der Waals surface area contributed by atoms with Crippen LogP contribution in [0.15, 0.2) is 36.4 Å². The third-order valence-electron chi connectivity index (χ3n) is 2.89. The van der Waals surface area contributed by atoms with Crippen LogP contribution in [0, 0.1) is 0 Å². The fourth-order valence-corrected chi connectivity index (χ4v) is 2.37. The average Bonchev–Trinajstić information content (AvgIpc) is 2.29. The molecule has 0 saturated heterocycles. The Morgan fingerprint density at radius 1 is 1.12 bits per heavy atom. The second-order valence-electron chi connectivity index (χ2n) is 4.04. The van der Waals surface area contributed by atoms with Gasteiger partial charge in [-0.2, -0.15) is 0 Å². The molecule has 81 valence electrons. The summed E-state index contributed by atoms with van der Waals surface area (Å²) in [5, 5.41) is 12.1. The topological polar surface area (TPSA) is 20.2 Å². The molecule has 1 atom stereocenters. The predicted octanol–water partition coefficient (Wildman–Crippen LogP) is 3.02. The molecule has 2 aromatic carbocycles. The van der Waals surface area contributed by atoms with E-state index in [1.807, 2.05) is 25.1 Å². The van der Waals surface area contributed by atoms with E-state index in [9.17, 15) is 5.11 Å². The van der Waals surface area contributed by atoms with Crippen molar-refractivity contribution in [2.75, 3.05) is 0 Å². The number of aliphatic hydroxyl groups is 1. The lowest BCUT2D eigenvalue weighted by Crippen LogP contribution is -1.95. The van der Waals surface area contributed by atoms with Gasteiger partial charge in [0, 0.05) is 10.2 Å². The smallest absolute Gasteiger partial charge is 0.0767 e. The van der Waals surface area contributed by atoms with Gasteiger partial charge in [0.15, 0.2) is 0 Å². The van der Waals surface area contributed by atoms with Crippen molar-refractivity contribution >= 4 is 21.0 Å². The van der Waals surface area contributed by atoms with Crippen molar-refractivity contribution in [3.8, 4) is 0 Å². The Bertz CT molecular complexity index is 491. The van der Waals surface area contributed by atoms with Gasteiger partial charge in [0.25, 0.3) is 0 Å². The number of rotatable bonds is 3. The number of benzene rings is 2. The molecule has 0 aliphatic heterocycles.